The van der Waals surface area contributed by atoms with E-state index in [1.54, 1.807) is 6.20 Å². The van der Waals surface area contributed by atoms with E-state index in [2.05, 4.69) is 66.3 Å². The molecule has 4 heterocycles. The molecule has 0 spiro atoms. The molecule has 4 aromatic rings. The fraction of sp³-hybridized carbons (Fsp3) is 0.286. The van der Waals surface area contributed by atoms with Gasteiger partial charge in [0.15, 0.2) is 5.65 Å². The van der Waals surface area contributed by atoms with E-state index in [1.165, 1.54) is 5.56 Å². The maximum absolute atomic E-state index is 4.60. The first-order valence-corrected chi connectivity index (χ1v) is 10.2. The summed E-state index contributed by atoms with van der Waals surface area (Å²) in [5.41, 5.74) is 6.34. The van der Waals surface area contributed by atoms with E-state index in [0.717, 1.165) is 64.7 Å². The Kier molecular flexibility index (Phi) is 5.71. The Hall–Kier alpha value is -2.67. The molecule has 0 unspecified atom stereocenters. The Bertz CT molecular complexity index is 1080. The van der Waals surface area contributed by atoms with Crippen LogP contribution in [0.5, 0.6) is 0 Å². The van der Waals surface area contributed by atoms with Crippen molar-refractivity contribution in [3.63, 3.8) is 0 Å². The highest BCUT2D eigenvalue weighted by molar-refractivity contribution is 9.10. The molecular weight excluding hydrogens is 416 g/mol. The second-order valence-electron chi connectivity index (χ2n) is 6.91. The van der Waals surface area contributed by atoms with Crippen molar-refractivity contribution in [3.8, 4) is 0 Å². The Morgan fingerprint density at radius 1 is 1.04 bits per heavy atom. The quantitative estimate of drug-likeness (QED) is 0.403. The summed E-state index contributed by atoms with van der Waals surface area (Å²) >= 11 is 3.46. The molecule has 4 aromatic heterocycles. The molecule has 0 atom stereocenters. The minimum absolute atomic E-state index is 0.795. The summed E-state index contributed by atoms with van der Waals surface area (Å²) < 4.78 is 2.92. The monoisotopic (exact) mass is 436 g/mol. The lowest BCUT2D eigenvalue weighted by Crippen LogP contribution is -2.03. The predicted molar refractivity (Wildman–Crippen MR) is 112 cm³/mol. The third-order valence-electron chi connectivity index (χ3n) is 4.73. The molecule has 7 heteroatoms. The Morgan fingerprint density at radius 2 is 1.96 bits per heavy atom. The number of halogens is 1. The lowest BCUT2D eigenvalue weighted by Gasteiger charge is -2.06. The lowest BCUT2D eigenvalue weighted by atomic mass is 10.1. The fourth-order valence-corrected chi connectivity index (χ4v) is 3.72. The molecule has 142 valence electrons. The zero-order chi connectivity index (χ0) is 19.3. The first-order chi connectivity index (χ1) is 13.7. The van der Waals surface area contributed by atoms with E-state index >= 15 is 0 Å². The number of pyridine rings is 3. The number of aromatic nitrogens is 6. The summed E-state index contributed by atoms with van der Waals surface area (Å²) in [4.78, 5) is 13.3. The second kappa shape index (κ2) is 8.56. The van der Waals surface area contributed by atoms with Gasteiger partial charge >= 0.3 is 0 Å². The average Bonchev–Trinajstić information content (AvgIpc) is 3.10. The van der Waals surface area contributed by atoms with Gasteiger partial charge in [-0.2, -0.15) is 0 Å². The number of aryl methyl sites for hydroxylation is 3. The molecule has 0 aliphatic rings. The van der Waals surface area contributed by atoms with Crippen molar-refractivity contribution in [3.05, 3.63) is 75.9 Å². The molecule has 0 aliphatic carbocycles. The van der Waals surface area contributed by atoms with Gasteiger partial charge in [-0.25, -0.2) is 9.67 Å². The summed E-state index contributed by atoms with van der Waals surface area (Å²) in [6.07, 6.45) is 11.3. The van der Waals surface area contributed by atoms with E-state index in [9.17, 15) is 0 Å². The van der Waals surface area contributed by atoms with Gasteiger partial charge < -0.3 is 0 Å². The molecule has 0 fully saturated rings. The first kappa shape index (κ1) is 18.7. The van der Waals surface area contributed by atoms with Crippen LogP contribution < -0.4 is 0 Å². The smallest absolute Gasteiger partial charge is 0.178 e. The summed E-state index contributed by atoms with van der Waals surface area (Å²) in [5.74, 6) is 0. The highest BCUT2D eigenvalue weighted by Crippen LogP contribution is 2.16. The lowest BCUT2D eigenvalue weighted by molar-refractivity contribution is 0.549. The Morgan fingerprint density at radius 3 is 2.79 bits per heavy atom. The third-order valence-corrected chi connectivity index (χ3v) is 5.16. The van der Waals surface area contributed by atoms with Crippen molar-refractivity contribution < 1.29 is 0 Å². The number of fused-ring (bicyclic) bond motifs is 1. The molecule has 28 heavy (non-hydrogen) atoms. The van der Waals surface area contributed by atoms with Crippen molar-refractivity contribution in [1.82, 2.24) is 29.9 Å². The van der Waals surface area contributed by atoms with E-state index in [-0.39, 0.29) is 0 Å². The summed E-state index contributed by atoms with van der Waals surface area (Å²) in [5, 5.41) is 8.59. The van der Waals surface area contributed by atoms with Crippen LogP contribution in [0.15, 0.2) is 53.5 Å². The molecule has 0 saturated heterocycles. The van der Waals surface area contributed by atoms with E-state index in [4.69, 9.17) is 0 Å². The standard InChI is InChI=1S/C21H21BrN6/c1-15-9-18(22)14-24-19(15)6-2-3-8-28-21-20(26-27-28)11-17(13-25-21)10-16-5-4-7-23-12-16/h4-5,7,9,11-14H,2-3,6,8,10H2,1H3. The molecule has 0 N–H and O–H groups in total. The molecule has 0 saturated carbocycles. The number of hydrogen-bond donors (Lipinski definition) is 0. The van der Waals surface area contributed by atoms with Crippen LogP contribution in [-0.2, 0) is 19.4 Å². The first-order valence-electron chi connectivity index (χ1n) is 9.37. The third kappa shape index (κ3) is 4.42. The zero-order valence-electron chi connectivity index (χ0n) is 15.7. The van der Waals surface area contributed by atoms with Crippen LogP contribution >= 0.6 is 15.9 Å². The van der Waals surface area contributed by atoms with Gasteiger partial charge in [0, 0.05) is 47.9 Å². The summed E-state index contributed by atoms with van der Waals surface area (Å²) in [7, 11) is 0. The van der Waals surface area contributed by atoms with Gasteiger partial charge in [0.1, 0.15) is 5.52 Å². The summed E-state index contributed by atoms with van der Waals surface area (Å²) in [6, 6.07) is 8.19. The van der Waals surface area contributed by atoms with Crippen molar-refractivity contribution in [1.29, 1.82) is 0 Å². The molecule has 4 rings (SSSR count). The minimum atomic E-state index is 0.795. The summed E-state index contributed by atoms with van der Waals surface area (Å²) in [6.45, 7) is 2.91. The van der Waals surface area contributed by atoms with Crippen LogP contribution in [0, 0.1) is 6.92 Å². The van der Waals surface area contributed by atoms with Gasteiger partial charge in [0.25, 0.3) is 0 Å². The highest BCUT2D eigenvalue weighted by atomic mass is 79.9. The van der Waals surface area contributed by atoms with Crippen molar-refractivity contribution in [2.45, 2.75) is 39.2 Å². The minimum Gasteiger partial charge on any atom is -0.264 e. The molecule has 0 aromatic carbocycles. The maximum Gasteiger partial charge on any atom is 0.178 e. The van der Waals surface area contributed by atoms with Gasteiger partial charge in [-0.3, -0.25) is 9.97 Å². The van der Waals surface area contributed by atoms with Gasteiger partial charge in [-0.1, -0.05) is 11.3 Å². The number of hydrogen-bond acceptors (Lipinski definition) is 5. The average molecular weight is 437 g/mol. The van der Waals surface area contributed by atoms with Crippen molar-refractivity contribution in [2.24, 2.45) is 0 Å². The molecule has 0 aliphatic heterocycles. The molecule has 0 bridgehead atoms. The van der Waals surface area contributed by atoms with Crippen LogP contribution in [0.4, 0.5) is 0 Å². The number of nitrogens with zero attached hydrogens (tertiary/aromatic N) is 6. The largest absolute Gasteiger partial charge is 0.264 e. The zero-order valence-corrected chi connectivity index (χ0v) is 17.3. The van der Waals surface area contributed by atoms with Crippen LogP contribution in [0.2, 0.25) is 0 Å². The molecule has 6 nitrogen and oxygen atoms in total. The van der Waals surface area contributed by atoms with Crippen LogP contribution in [0.1, 0.15) is 35.2 Å². The van der Waals surface area contributed by atoms with Gasteiger partial charge in [0.05, 0.1) is 0 Å². The van der Waals surface area contributed by atoms with Crippen molar-refractivity contribution in [2.75, 3.05) is 0 Å². The molecule has 0 radical (unpaired) electrons. The fourth-order valence-electron chi connectivity index (χ4n) is 3.27. The van der Waals surface area contributed by atoms with Crippen LogP contribution in [0.25, 0.3) is 11.2 Å². The SMILES string of the molecule is Cc1cc(Br)cnc1CCCCn1nnc2cc(Cc3cccnc3)cnc21. The molecule has 0 amide bonds. The highest BCUT2D eigenvalue weighted by Gasteiger charge is 2.08. The van der Waals surface area contributed by atoms with E-state index in [0.29, 0.717) is 0 Å². The topological polar surface area (TPSA) is 69.4 Å². The molecular formula is C21H21BrN6. The number of unbranched alkanes of at least 4 members (excludes halogenated alkanes) is 1. The van der Waals surface area contributed by atoms with Crippen LogP contribution in [-0.4, -0.2) is 29.9 Å². The van der Waals surface area contributed by atoms with Gasteiger partial charge in [-0.05, 0) is 77.0 Å². The maximum atomic E-state index is 4.60. The van der Waals surface area contributed by atoms with Gasteiger partial charge in [0.2, 0.25) is 0 Å². The number of rotatable bonds is 7. The normalized spacial score (nSPS) is 11.2. The van der Waals surface area contributed by atoms with Crippen LogP contribution in [0.3, 0.4) is 0 Å². The second-order valence-corrected chi connectivity index (χ2v) is 7.83. The van der Waals surface area contributed by atoms with E-state index in [1.807, 2.05) is 29.3 Å². The Balaban J connectivity index is 1.36. The predicted octanol–water partition coefficient (Wildman–Crippen LogP) is 4.30. The van der Waals surface area contributed by atoms with Gasteiger partial charge in [-0.15, -0.1) is 5.10 Å². The van der Waals surface area contributed by atoms with E-state index < -0.39 is 0 Å². The Labute approximate surface area is 172 Å². The van der Waals surface area contributed by atoms with Crippen molar-refractivity contribution >= 4 is 27.1 Å².